The number of ketones is 1. The molecule has 8 heteroatoms. The lowest BCUT2D eigenvalue weighted by Crippen LogP contribution is -2.32. The Balaban J connectivity index is 1.10. The summed E-state index contributed by atoms with van der Waals surface area (Å²) >= 11 is 6.16. The van der Waals surface area contributed by atoms with Crippen LogP contribution in [0.3, 0.4) is 0 Å². The molecule has 2 aromatic heterocycles. The van der Waals surface area contributed by atoms with E-state index in [1.807, 2.05) is 66.9 Å². The summed E-state index contributed by atoms with van der Waals surface area (Å²) < 4.78 is 14.4. The highest BCUT2D eigenvalue weighted by Gasteiger charge is 2.42. The van der Waals surface area contributed by atoms with Crippen LogP contribution in [-0.2, 0) is 11.4 Å². The summed E-state index contributed by atoms with van der Waals surface area (Å²) in [7, 11) is 0. The van der Waals surface area contributed by atoms with E-state index >= 15 is 0 Å². The number of aromatic nitrogens is 4. The molecule has 2 aliphatic rings. The number of rotatable bonds is 5. The molecule has 0 N–H and O–H groups in total. The number of carbonyl (C=O) groups excluding carboxylic acids is 1. The molecule has 8 rings (SSSR count). The van der Waals surface area contributed by atoms with E-state index in [1.165, 1.54) is 0 Å². The number of carbonyl (C=O) groups is 1. The zero-order valence-electron chi connectivity index (χ0n) is 24.8. The summed E-state index contributed by atoms with van der Waals surface area (Å²) in [6, 6.07) is 28.0. The molecule has 7 nitrogen and oxygen atoms in total. The van der Waals surface area contributed by atoms with Gasteiger partial charge >= 0.3 is 0 Å². The third-order valence-electron chi connectivity index (χ3n) is 8.64. The zero-order valence-corrected chi connectivity index (χ0v) is 25.6. The number of halogens is 1. The third-order valence-corrected chi connectivity index (χ3v) is 8.88. The van der Waals surface area contributed by atoms with E-state index in [0.29, 0.717) is 22.9 Å². The van der Waals surface area contributed by atoms with Crippen LogP contribution in [0.2, 0.25) is 5.02 Å². The van der Waals surface area contributed by atoms with Crippen LogP contribution in [0.4, 0.5) is 0 Å². The summed E-state index contributed by atoms with van der Waals surface area (Å²) in [5.74, 6) is 2.29. The molecular formula is C37H29ClN4O3. The lowest BCUT2D eigenvalue weighted by molar-refractivity contribution is -0.118. The third kappa shape index (κ3) is 5.03. The van der Waals surface area contributed by atoms with Crippen molar-refractivity contribution < 1.29 is 14.3 Å². The highest BCUT2D eigenvalue weighted by molar-refractivity contribution is 6.31. The smallest absolute Gasteiger partial charge is 0.163 e. The number of hydrogen-bond donors (Lipinski definition) is 0. The zero-order chi connectivity index (χ0) is 30.7. The lowest BCUT2D eigenvalue weighted by Gasteiger charge is -2.38. The van der Waals surface area contributed by atoms with E-state index in [9.17, 15) is 4.79 Å². The van der Waals surface area contributed by atoms with Gasteiger partial charge in [0.15, 0.2) is 5.78 Å². The molecule has 45 heavy (non-hydrogen) atoms. The SMILES string of the molecule is CC1(C)CC(=O)C2=C(C1)Oc1cc3ccc(OCc4cn(-c5ccnc6cc(Cl)ccc56)nn4)cc3cc1C2c1ccccc1. The number of nitrogens with zero attached hydrogens (tertiary/aromatic N) is 4. The second-order valence-electron chi connectivity index (χ2n) is 12.6. The first-order valence-electron chi connectivity index (χ1n) is 15.0. The van der Waals surface area contributed by atoms with E-state index in [4.69, 9.17) is 21.1 Å². The van der Waals surface area contributed by atoms with Gasteiger partial charge in [-0.2, -0.15) is 0 Å². The molecule has 1 aliphatic heterocycles. The molecule has 0 radical (unpaired) electrons. The topological polar surface area (TPSA) is 79.1 Å². The number of benzene rings is 4. The van der Waals surface area contributed by atoms with E-state index in [2.05, 4.69) is 53.4 Å². The molecule has 0 fully saturated rings. The second kappa shape index (κ2) is 10.6. The summed E-state index contributed by atoms with van der Waals surface area (Å²) in [6.45, 7) is 4.51. The standard InChI is InChI=1S/C37H29ClN4O3/c1-37(2)18-32(43)36-34(19-37)45-33-16-23-8-10-27(14-24(23)15-29(33)35(36)22-6-4-3-5-7-22)44-21-26-20-42(41-40-26)31-12-13-39-30-17-25(38)9-11-28(30)31/h3-17,20,35H,18-19,21H2,1-2H3. The van der Waals surface area contributed by atoms with Gasteiger partial charge in [0.1, 0.15) is 29.6 Å². The van der Waals surface area contributed by atoms with Crippen LogP contribution in [-0.4, -0.2) is 25.8 Å². The molecule has 0 saturated heterocycles. The van der Waals surface area contributed by atoms with Crippen LogP contribution >= 0.6 is 11.6 Å². The van der Waals surface area contributed by atoms with Crippen LogP contribution < -0.4 is 9.47 Å². The number of pyridine rings is 1. The van der Waals surface area contributed by atoms with Crippen LogP contribution in [0.15, 0.2) is 109 Å². The fourth-order valence-corrected chi connectivity index (χ4v) is 6.76. The fourth-order valence-electron chi connectivity index (χ4n) is 6.59. The first-order chi connectivity index (χ1) is 21.8. The van der Waals surface area contributed by atoms with Gasteiger partial charge in [-0.25, -0.2) is 4.68 Å². The van der Waals surface area contributed by atoms with Crippen molar-refractivity contribution in [1.82, 2.24) is 20.0 Å². The maximum absolute atomic E-state index is 13.6. The highest BCUT2D eigenvalue weighted by Crippen LogP contribution is 2.51. The summed E-state index contributed by atoms with van der Waals surface area (Å²) in [5, 5.41) is 12.3. The van der Waals surface area contributed by atoms with Gasteiger partial charge in [-0.3, -0.25) is 9.78 Å². The Morgan fingerprint density at radius 1 is 0.978 bits per heavy atom. The van der Waals surface area contributed by atoms with E-state index in [1.54, 1.807) is 10.9 Å². The van der Waals surface area contributed by atoms with E-state index in [-0.39, 0.29) is 23.7 Å². The van der Waals surface area contributed by atoms with Gasteiger partial charge in [-0.05, 0) is 70.3 Å². The molecule has 222 valence electrons. The number of Topliss-reactive ketones (excluding diaryl/α,β-unsaturated/α-hetero) is 1. The maximum atomic E-state index is 13.6. The second-order valence-corrected chi connectivity index (χ2v) is 13.0. The minimum Gasteiger partial charge on any atom is -0.487 e. The summed E-state index contributed by atoms with van der Waals surface area (Å²) in [5.41, 5.74) is 5.07. The Kier molecular flexibility index (Phi) is 6.46. The van der Waals surface area contributed by atoms with Crippen LogP contribution in [0, 0.1) is 5.41 Å². The Hall–Kier alpha value is -5.01. The van der Waals surface area contributed by atoms with Crippen LogP contribution in [0.25, 0.3) is 27.4 Å². The van der Waals surface area contributed by atoms with Gasteiger partial charge in [-0.1, -0.05) is 67.1 Å². The van der Waals surface area contributed by atoms with Crippen molar-refractivity contribution in [2.75, 3.05) is 0 Å². The molecule has 0 bridgehead atoms. The molecule has 4 aromatic carbocycles. The van der Waals surface area contributed by atoms with Gasteiger partial charge < -0.3 is 9.47 Å². The minimum atomic E-state index is -0.183. The molecule has 1 atom stereocenters. The number of ether oxygens (including phenoxy) is 2. The van der Waals surface area contributed by atoms with Crippen molar-refractivity contribution in [2.24, 2.45) is 5.41 Å². The van der Waals surface area contributed by atoms with Crippen molar-refractivity contribution in [3.8, 4) is 17.2 Å². The number of fused-ring (bicyclic) bond motifs is 3. The molecule has 0 saturated carbocycles. The highest BCUT2D eigenvalue weighted by atomic mass is 35.5. The Morgan fingerprint density at radius 3 is 2.71 bits per heavy atom. The van der Waals surface area contributed by atoms with Crippen molar-refractivity contribution >= 4 is 39.1 Å². The molecule has 0 amide bonds. The maximum Gasteiger partial charge on any atom is 0.163 e. The molecule has 6 aromatic rings. The van der Waals surface area contributed by atoms with Crippen molar-refractivity contribution in [3.05, 3.63) is 130 Å². The lowest BCUT2D eigenvalue weighted by atomic mass is 9.70. The first kappa shape index (κ1) is 27.5. The first-order valence-corrected chi connectivity index (χ1v) is 15.3. The molecular weight excluding hydrogens is 584 g/mol. The van der Waals surface area contributed by atoms with Gasteiger partial charge in [0.25, 0.3) is 0 Å². The van der Waals surface area contributed by atoms with Crippen LogP contribution in [0.1, 0.15) is 49.4 Å². The normalized spacial score (nSPS) is 17.2. The summed E-state index contributed by atoms with van der Waals surface area (Å²) in [6.07, 6.45) is 4.83. The van der Waals surface area contributed by atoms with Gasteiger partial charge in [0, 0.05) is 46.5 Å². The monoisotopic (exact) mass is 612 g/mol. The van der Waals surface area contributed by atoms with E-state index in [0.717, 1.165) is 62.0 Å². The van der Waals surface area contributed by atoms with Crippen LogP contribution in [0.5, 0.6) is 11.5 Å². The average Bonchev–Trinajstić information content (AvgIpc) is 3.50. The molecule has 1 unspecified atom stereocenters. The predicted molar refractivity (Wildman–Crippen MR) is 174 cm³/mol. The van der Waals surface area contributed by atoms with Gasteiger partial charge in [0.05, 0.1) is 17.4 Å². The predicted octanol–water partition coefficient (Wildman–Crippen LogP) is 8.37. The largest absolute Gasteiger partial charge is 0.487 e. The molecule has 1 aliphatic carbocycles. The van der Waals surface area contributed by atoms with E-state index < -0.39 is 0 Å². The summed E-state index contributed by atoms with van der Waals surface area (Å²) in [4.78, 5) is 18.0. The van der Waals surface area contributed by atoms with Crippen molar-refractivity contribution in [3.63, 3.8) is 0 Å². The van der Waals surface area contributed by atoms with Crippen molar-refractivity contribution in [1.29, 1.82) is 0 Å². The average molecular weight is 613 g/mol. The fraction of sp³-hybridized carbons (Fsp3) is 0.189. The molecule has 0 spiro atoms. The Morgan fingerprint density at radius 2 is 1.84 bits per heavy atom. The Bertz CT molecular complexity index is 2170. The number of hydrogen-bond acceptors (Lipinski definition) is 6. The van der Waals surface area contributed by atoms with Crippen molar-refractivity contribution in [2.45, 2.75) is 39.2 Å². The Labute approximate surface area is 265 Å². The number of allylic oxidation sites excluding steroid dienone is 2. The quantitative estimate of drug-likeness (QED) is 0.195. The van der Waals surface area contributed by atoms with Gasteiger partial charge in [0.2, 0.25) is 0 Å². The molecule has 3 heterocycles. The minimum absolute atomic E-state index is 0.135. The van der Waals surface area contributed by atoms with Gasteiger partial charge in [-0.15, -0.1) is 5.10 Å².